The van der Waals surface area contributed by atoms with Crippen LogP contribution in [-0.2, 0) is 0 Å². The smallest absolute Gasteiger partial charge is 0.261 e. The van der Waals surface area contributed by atoms with Gasteiger partial charge in [0.2, 0.25) is 5.95 Å². The van der Waals surface area contributed by atoms with Gasteiger partial charge in [-0.1, -0.05) is 6.07 Å². The van der Waals surface area contributed by atoms with E-state index in [1.807, 2.05) is 32.0 Å². The molecule has 0 aliphatic carbocycles. The van der Waals surface area contributed by atoms with Gasteiger partial charge in [-0.15, -0.1) is 0 Å². The molecule has 0 saturated heterocycles. The summed E-state index contributed by atoms with van der Waals surface area (Å²) in [6.45, 7) is 3.97. The van der Waals surface area contributed by atoms with Crippen LogP contribution in [0.1, 0.15) is 11.1 Å². The van der Waals surface area contributed by atoms with Gasteiger partial charge in [-0.3, -0.25) is 9.36 Å². The number of benzene rings is 1. The summed E-state index contributed by atoms with van der Waals surface area (Å²) in [7, 11) is 0. The molecule has 0 unspecified atom stereocenters. The lowest BCUT2D eigenvalue weighted by Gasteiger charge is -2.10. The number of halogens is 1. The Kier molecular flexibility index (Phi) is 2.48. The minimum Gasteiger partial charge on any atom is -0.269 e. The summed E-state index contributed by atoms with van der Waals surface area (Å²) in [5.41, 5.74) is 2.93. The average molecular weight is 257 g/mol. The number of fused-ring (bicyclic) bond motifs is 1. The van der Waals surface area contributed by atoms with E-state index in [-0.39, 0.29) is 0 Å². The summed E-state index contributed by atoms with van der Waals surface area (Å²) in [6.07, 6.45) is 1.47. The molecule has 0 bridgehead atoms. The molecular formula is C14H12FN3O. The lowest BCUT2D eigenvalue weighted by Crippen LogP contribution is -2.21. The van der Waals surface area contributed by atoms with Gasteiger partial charge < -0.3 is 0 Å². The van der Waals surface area contributed by atoms with Gasteiger partial charge in [0.15, 0.2) is 0 Å². The molecule has 0 spiro atoms. The van der Waals surface area contributed by atoms with E-state index in [0.29, 0.717) is 11.3 Å². The Bertz CT molecular complexity index is 832. The van der Waals surface area contributed by atoms with Crippen LogP contribution in [0, 0.1) is 19.8 Å². The molecule has 2 aromatic heterocycles. The van der Waals surface area contributed by atoms with E-state index >= 15 is 0 Å². The van der Waals surface area contributed by atoms with E-state index < -0.39 is 11.5 Å². The van der Waals surface area contributed by atoms with Crippen molar-refractivity contribution in [1.29, 1.82) is 0 Å². The van der Waals surface area contributed by atoms with Crippen molar-refractivity contribution in [3.8, 4) is 5.69 Å². The largest absolute Gasteiger partial charge is 0.269 e. The Morgan fingerprint density at radius 1 is 1.11 bits per heavy atom. The number of hydrogen-bond donors (Lipinski definition) is 0. The van der Waals surface area contributed by atoms with Crippen molar-refractivity contribution in [3.05, 3.63) is 64.0 Å². The van der Waals surface area contributed by atoms with Crippen LogP contribution in [0.5, 0.6) is 0 Å². The molecule has 2 heterocycles. The molecule has 3 rings (SSSR count). The molecule has 19 heavy (non-hydrogen) atoms. The van der Waals surface area contributed by atoms with Crippen molar-refractivity contribution in [2.75, 3.05) is 0 Å². The summed E-state index contributed by atoms with van der Waals surface area (Å²) in [5.74, 6) is -0.662. The fourth-order valence-electron chi connectivity index (χ4n) is 2.09. The van der Waals surface area contributed by atoms with Crippen LogP contribution < -0.4 is 5.56 Å². The number of nitrogens with zero attached hydrogens (tertiary/aromatic N) is 3. The van der Waals surface area contributed by atoms with Crippen molar-refractivity contribution in [2.45, 2.75) is 13.8 Å². The van der Waals surface area contributed by atoms with Crippen molar-refractivity contribution >= 4 is 5.65 Å². The Morgan fingerprint density at radius 3 is 2.63 bits per heavy atom. The van der Waals surface area contributed by atoms with Crippen molar-refractivity contribution < 1.29 is 4.39 Å². The van der Waals surface area contributed by atoms with E-state index in [1.54, 1.807) is 6.07 Å². The topological polar surface area (TPSA) is 39.3 Å². The second kappa shape index (κ2) is 4.05. The number of aromatic nitrogens is 3. The summed E-state index contributed by atoms with van der Waals surface area (Å²) < 4.78 is 16.2. The molecule has 96 valence electrons. The Balaban J connectivity index is 2.39. The zero-order valence-corrected chi connectivity index (χ0v) is 10.6. The minimum absolute atomic E-state index is 0.409. The van der Waals surface area contributed by atoms with Crippen LogP contribution in [0.2, 0.25) is 0 Å². The highest BCUT2D eigenvalue weighted by Crippen LogP contribution is 2.15. The highest BCUT2D eigenvalue weighted by molar-refractivity contribution is 5.49. The summed E-state index contributed by atoms with van der Waals surface area (Å²) in [6, 6.07) is 8.23. The molecule has 1 aromatic carbocycles. The standard InChI is InChI=1S/C14H12FN3O/c1-9-3-4-11(7-10(9)2)17-13-5-6-16-18(13)12(15)8-14(17)19/h3-8H,1-2H3. The summed E-state index contributed by atoms with van der Waals surface area (Å²) in [4.78, 5) is 12.0. The van der Waals surface area contributed by atoms with Gasteiger partial charge >= 0.3 is 0 Å². The van der Waals surface area contributed by atoms with Crippen LogP contribution >= 0.6 is 0 Å². The fourth-order valence-corrected chi connectivity index (χ4v) is 2.09. The molecule has 0 fully saturated rings. The van der Waals surface area contributed by atoms with Crippen molar-refractivity contribution in [2.24, 2.45) is 0 Å². The normalized spacial score (nSPS) is 11.1. The lowest BCUT2D eigenvalue weighted by atomic mass is 10.1. The highest BCUT2D eigenvalue weighted by Gasteiger charge is 2.11. The van der Waals surface area contributed by atoms with Crippen molar-refractivity contribution in [1.82, 2.24) is 14.2 Å². The van der Waals surface area contributed by atoms with Crippen molar-refractivity contribution in [3.63, 3.8) is 0 Å². The van der Waals surface area contributed by atoms with E-state index in [9.17, 15) is 9.18 Å². The first-order valence-electron chi connectivity index (χ1n) is 5.91. The lowest BCUT2D eigenvalue weighted by molar-refractivity contribution is 0.535. The van der Waals surface area contributed by atoms with Crippen LogP contribution in [0.3, 0.4) is 0 Å². The average Bonchev–Trinajstić information content (AvgIpc) is 2.83. The van der Waals surface area contributed by atoms with E-state index in [1.165, 1.54) is 10.8 Å². The maximum atomic E-state index is 13.6. The summed E-state index contributed by atoms with van der Waals surface area (Å²) >= 11 is 0. The Morgan fingerprint density at radius 2 is 1.89 bits per heavy atom. The maximum Gasteiger partial charge on any atom is 0.261 e. The van der Waals surface area contributed by atoms with Crippen LogP contribution in [0.4, 0.5) is 4.39 Å². The molecule has 0 aliphatic heterocycles. The Hall–Kier alpha value is -2.43. The first-order valence-corrected chi connectivity index (χ1v) is 5.91. The second-order valence-electron chi connectivity index (χ2n) is 4.51. The molecule has 0 saturated carbocycles. The molecule has 0 aliphatic rings. The molecule has 0 atom stereocenters. The van der Waals surface area contributed by atoms with Gasteiger partial charge in [0.1, 0.15) is 5.65 Å². The third-order valence-corrected chi connectivity index (χ3v) is 3.27. The van der Waals surface area contributed by atoms with Gasteiger partial charge in [-0.2, -0.15) is 14.0 Å². The third-order valence-electron chi connectivity index (χ3n) is 3.27. The quantitative estimate of drug-likeness (QED) is 0.627. The molecule has 0 amide bonds. The maximum absolute atomic E-state index is 13.6. The van der Waals surface area contributed by atoms with Crippen LogP contribution in [0.15, 0.2) is 41.3 Å². The van der Waals surface area contributed by atoms with Gasteiger partial charge in [0, 0.05) is 6.07 Å². The fraction of sp³-hybridized carbons (Fsp3) is 0.143. The molecular weight excluding hydrogens is 245 g/mol. The SMILES string of the molecule is Cc1ccc(-n2c(=O)cc(F)n3nccc23)cc1C. The Labute approximate surface area is 108 Å². The first-order chi connectivity index (χ1) is 9.08. The second-order valence-corrected chi connectivity index (χ2v) is 4.51. The van der Waals surface area contributed by atoms with Crippen LogP contribution in [-0.4, -0.2) is 14.2 Å². The van der Waals surface area contributed by atoms with E-state index in [4.69, 9.17) is 0 Å². The highest BCUT2D eigenvalue weighted by atomic mass is 19.1. The van der Waals surface area contributed by atoms with Gasteiger partial charge in [-0.05, 0) is 37.1 Å². The van der Waals surface area contributed by atoms with Crippen LogP contribution in [0.25, 0.3) is 11.3 Å². The van der Waals surface area contributed by atoms with Gasteiger partial charge in [0.25, 0.3) is 5.56 Å². The predicted molar refractivity (Wildman–Crippen MR) is 70.2 cm³/mol. The van der Waals surface area contributed by atoms with Gasteiger partial charge in [-0.25, -0.2) is 0 Å². The van der Waals surface area contributed by atoms with E-state index in [0.717, 1.165) is 21.7 Å². The zero-order valence-electron chi connectivity index (χ0n) is 10.6. The summed E-state index contributed by atoms with van der Waals surface area (Å²) in [5, 5.41) is 3.87. The zero-order chi connectivity index (χ0) is 13.6. The predicted octanol–water partition coefficient (Wildman–Crippen LogP) is 2.24. The first kappa shape index (κ1) is 11.6. The molecule has 0 N–H and O–H groups in total. The molecule has 5 heteroatoms. The van der Waals surface area contributed by atoms with Gasteiger partial charge in [0.05, 0.1) is 18.0 Å². The third kappa shape index (κ3) is 1.74. The number of rotatable bonds is 1. The molecule has 4 nitrogen and oxygen atoms in total. The number of hydrogen-bond acceptors (Lipinski definition) is 2. The van der Waals surface area contributed by atoms with E-state index in [2.05, 4.69) is 5.10 Å². The monoisotopic (exact) mass is 257 g/mol. The molecule has 3 aromatic rings. The number of aryl methyl sites for hydroxylation is 2. The minimum atomic E-state index is -0.662. The molecule has 0 radical (unpaired) electrons.